The Morgan fingerprint density at radius 3 is 2.42 bits per heavy atom. The van der Waals surface area contributed by atoms with Crippen LogP contribution in [0.3, 0.4) is 0 Å². The van der Waals surface area contributed by atoms with Gasteiger partial charge >= 0.3 is 7.69 Å². The van der Waals surface area contributed by atoms with E-state index < -0.39 is 0 Å². The van der Waals surface area contributed by atoms with Crippen molar-refractivity contribution in [3.05, 3.63) is 29.8 Å². The van der Waals surface area contributed by atoms with Crippen LogP contribution < -0.4 is 4.65 Å². The van der Waals surface area contributed by atoms with Crippen LogP contribution in [0.25, 0.3) is 0 Å². The Bertz CT molecular complexity index is 268. The van der Waals surface area contributed by atoms with Crippen LogP contribution in [0.5, 0.6) is 5.75 Å². The quantitative estimate of drug-likeness (QED) is 0.523. The lowest BCUT2D eigenvalue weighted by atomic mass is 10.1. The number of ketones is 1. The van der Waals surface area contributed by atoms with Gasteiger partial charge in [-0.3, -0.25) is 4.79 Å². The number of carbonyl (C=O) groups is 1. The molecule has 0 aromatic heterocycles. The normalized spacial score (nSPS) is 9.17. The van der Waals surface area contributed by atoms with Gasteiger partial charge in [0, 0.05) is 5.56 Å². The van der Waals surface area contributed by atoms with E-state index in [1.807, 2.05) is 0 Å². The first kappa shape index (κ1) is 8.81. The second-order valence-electron chi connectivity index (χ2n) is 2.35. The molecule has 62 valence electrons. The number of rotatable bonds is 3. The highest BCUT2D eigenvalue weighted by Crippen LogP contribution is 2.11. The van der Waals surface area contributed by atoms with Gasteiger partial charge < -0.3 is 9.68 Å². The van der Waals surface area contributed by atoms with Crippen molar-refractivity contribution in [1.82, 2.24) is 0 Å². The van der Waals surface area contributed by atoms with Gasteiger partial charge in [-0.05, 0) is 31.2 Å². The van der Waals surface area contributed by atoms with Crippen LogP contribution >= 0.6 is 0 Å². The molecule has 1 rings (SSSR count). The summed E-state index contributed by atoms with van der Waals surface area (Å²) in [5.74, 6) is 0.577. The van der Waals surface area contributed by atoms with E-state index >= 15 is 0 Å². The van der Waals surface area contributed by atoms with Gasteiger partial charge in [0.05, 0.1) is 0 Å². The first-order valence-electron chi connectivity index (χ1n) is 3.58. The predicted octanol–water partition coefficient (Wildman–Crippen LogP) is 0.527. The summed E-state index contributed by atoms with van der Waals surface area (Å²) in [6, 6.07) is 6.61. The molecule has 1 N–H and O–H groups in total. The van der Waals surface area contributed by atoms with Crippen LogP contribution in [0.15, 0.2) is 24.3 Å². The first-order chi connectivity index (χ1) is 5.74. The van der Waals surface area contributed by atoms with Crippen LogP contribution in [0.4, 0.5) is 0 Å². The molecule has 0 spiro atoms. The van der Waals surface area contributed by atoms with Crippen molar-refractivity contribution in [1.29, 1.82) is 0 Å². The molecular weight excluding hydrogens is 155 g/mol. The van der Waals surface area contributed by atoms with E-state index in [0.29, 0.717) is 11.3 Å². The average molecular weight is 164 g/mol. The minimum Gasteiger partial charge on any atom is -0.539 e. The molecule has 0 saturated heterocycles. The molecule has 0 aliphatic carbocycles. The number of benzene rings is 1. The Labute approximate surface area is 71.3 Å². The Balaban J connectivity index is 2.78. The highest BCUT2D eigenvalue weighted by atomic mass is 16.5. The Morgan fingerprint density at radius 1 is 1.42 bits per heavy atom. The lowest BCUT2D eigenvalue weighted by Crippen LogP contribution is -2.00. The van der Waals surface area contributed by atoms with E-state index in [0.717, 1.165) is 0 Å². The van der Waals surface area contributed by atoms with Crippen LogP contribution in [0.2, 0.25) is 0 Å². The molecule has 0 radical (unpaired) electrons. The van der Waals surface area contributed by atoms with E-state index in [9.17, 15) is 4.79 Å². The summed E-state index contributed by atoms with van der Waals surface area (Å²) in [4.78, 5) is 10.8. The molecule has 1 aromatic carbocycles. The minimum absolute atomic E-state index is 0.0190. The van der Waals surface area contributed by atoms with Gasteiger partial charge in [-0.2, -0.15) is 0 Å². The Hall–Kier alpha value is -1.29. The maximum Gasteiger partial charge on any atom is 0.504 e. The lowest BCUT2D eigenvalue weighted by Gasteiger charge is -2.01. The van der Waals surface area contributed by atoms with Gasteiger partial charge in [0.15, 0.2) is 5.78 Å². The standard InChI is InChI=1S/C8H9BO3/c1-6(10)7-2-4-8(5-3-7)12-9-11/h2-5,9,11H,1H3. The topological polar surface area (TPSA) is 46.5 Å². The summed E-state index contributed by atoms with van der Waals surface area (Å²) in [6.45, 7) is 1.50. The van der Waals surface area contributed by atoms with E-state index in [1.165, 1.54) is 6.92 Å². The zero-order valence-corrected chi connectivity index (χ0v) is 6.78. The van der Waals surface area contributed by atoms with Gasteiger partial charge in [0.1, 0.15) is 5.75 Å². The molecule has 0 aliphatic rings. The number of carbonyl (C=O) groups excluding carboxylic acids is 1. The monoisotopic (exact) mass is 164 g/mol. The van der Waals surface area contributed by atoms with Crippen molar-refractivity contribution < 1.29 is 14.5 Å². The Kier molecular flexibility index (Phi) is 2.88. The van der Waals surface area contributed by atoms with Crippen molar-refractivity contribution >= 4 is 13.5 Å². The Morgan fingerprint density at radius 2 is 2.00 bits per heavy atom. The molecule has 0 unspecified atom stereocenters. The van der Waals surface area contributed by atoms with E-state index in [2.05, 4.69) is 0 Å². The third kappa shape index (κ3) is 2.10. The van der Waals surface area contributed by atoms with Crippen LogP contribution in [0, 0.1) is 0 Å². The molecule has 1 aromatic rings. The first-order valence-corrected chi connectivity index (χ1v) is 3.58. The third-order valence-corrected chi connectivity index (χ3v) is 1.49. The molecule has 3 nitrogen and oxygen atoms in total. The fourth-order valence-electron chi connectivity index (χ4n) is 0.860. The van der Waals surface area contributed by atoms with E-state index in [1.54, 1.807) is 24.3 Å². The van der Waals surface area contributed by atoms with E-state index in [4.69, 9.17) is 9.68 Å². The lowest BCUT2D eigenvalue weighted by molar-refractivity contribution is 0.101. The van der Waals surface area contributed by atoms with Crippen molar-refractivity contribution in [2.45, 2.75) is 6.92 Å². The molecule has 0 atom stereocenters. The molecular formula is C8H9BO3. The van der Waals surface area contributed by atoms with Crippen molar-refractivity contribution in [3.63, 3.8) is 0 Å². The molecule has 0 bridgehead atoms. The zero-order chi connectivity index (χ0) is 8.97. The van der Waals surface area contributed by atoms with Crippen LogP contribution in [-0.4, -0.2) is 18.5 Å². The second kappa shape index (κ2) is 3.92. The second-order valence-corrected chi connectivity index (χ2v) is 2.35. The number of hydrogen-bond donors (Lipinski definition) is 1. The summed E-state index contributed by atoms with van der Waals surface area (Å²) in [5.41, 5.74) is 0.639. The summed E-state index contributed by atoms with van der Waals surface area (Å²) in [5, 5.41) is 8.41. The van der Waals surface area contributed by atoms with Crippen LogP contribution in [0.1, 0.15) is 17.3 Å². The van der Waals surface area contributed by atoms with Crippen molar-refractivity contribution in [2.75, 3.05) is 0 Å². The summed E-state index contributed by atoms with van der Waals surface area (Å²) in [7, 11) is -0.348. The van der Waals surface area contributed by atoms with Crippen LogP contribution in [-0.2, 0) is 0 Å². The maximum absolute atomic E-state index is 10.8. The highest BCUT2D eigenvalue weighted by molar-refractivity contribution is 6.17. The summed E-state index contributed by atoms with van der Waals surface area (Å²) in [6.07, 6.45) is 0. The van der Waals surface area contributed by atoms with Gasteiger partial charge in [-0.15, -0.1) is 0 Å². The van der Waals surface area contributed by atoms with Gasteiger partial charge in [-0.1, -0.05) is 0 Å². The molecule has 0 amide bonds. The number of hydrogen-bond acceptors (Lipinski definition) is 3. The van der Waals surface area contributed by atoms with E-state index in [-0.39, 0.29) is 13.5 Å². The molecule has 4 heteroatoms. The smallest absolute Gasteiger partial charge is 0.504 e. The van der Waals surface area contributed by atoms with Gasteiger partial charge in [-0.25, -0.2) is 0 Å². The minimum atomic E-state index is -0.348. The fourth-order valence-corrected chi connectivity index (χ4v) is 0.860. The molecule has 0 fully saturated rings. The molecule has 0 saturated carbocycles. The summed E-state index contributed by atoms with van der Waals surface area (Å²) >= 11 is 0. The average Bonchev–Trinajstić information content (AvgIpc) is 2.06. The summed E-state index contributed by atoms with van der Waals surface area (Å²) < 4.78 is 4.78. The van der Waals surface area contributed by atoms with Gasteiger partial charge in [0.25, 0.3) is 0 Å². The largest absolute Gasteiger partial charge is 0.539 e. The van der Waals surface area contributed by atoms with Crippen molar-refractivity contribution in [2.24, 2.45) is 0 Å². The zero-order valence-electron chi connectivity index (χ0n) is 6.78. The SMILES string of the molecule is CC(=O)c1ccc(OBO)cc1. The number of Topliss-reactive ketones (excluding diaryl/α,β-unsaturated/α-hetero) is 1. The molecule has 12 heavy (non-hydrogen) atoms. The molecule has 0 aliphatic heterocycles. The highest BCUT2D eigenvalue weighted by Gasteiger charge is 1.98. The third-order valence-electron chi connectivity index (χ3n) is 1.49. The van der Waals surface area contributed by atoms with Gasteiger partial charge in [0.2, 0.25) is 0 Å². The fraction of sp³-hybridized carbons (Fsp3) is 0.125. The molecule has 0 heterocycles. The maximum atomic E-state index is 10.8. The van der Waals surface area contributed by atoms with Crippen molar-refractivity contribution in [3.8, 4) is 5.75 Å². The predicted molar refractivity (Wildman–Crippen MR) is 46.4 cm³/mol.